The molecule has 3 aromatic carbocycles. The maximum absolute atomic E-state index is 12.8. The topological polar surface area (TPSA) is 98.7 Å². The van der Waals surface area contributed by atoms with Gasteiger partial charge in [0, 0.05) is 11.4 Å². The predicted octanol–water partition coefficient (Wildman–Crippen LogP) is 6.78. The first kappa shape index (κ1) is 26.8. The second kappa shape index (κ2) is 12.2. The van der Waals surface area contributed by atoms with E-state index < -0.39 is 11.8 Å². The molecule has 0 fully saturated rings. The van der Waals surface area contributed by atoms with Gasteiger partial charge in [0.15, 0.2) is 0 Å². The van der Waals surface area contributed by atoms with Gasteiger partial charge in [-0.05, 0) is 85.0 Å². The van der Waals surface area contributed by atoms with Crippen LogP contribution in [0.5, 0.6) is 11.5 Å². The molecule has 0 heterocycles. The molecule has 0 saturated carbocycles. The Bertz CT molecular complexity index is 1110. The molecule has 0 aliphatic carbocycles. The minimum Gasteiger partial charge on any atom is -0.507 e. The number of para-hydroxylation sites is 2. The van der Waals surface area contributed by atoms with E-state index in [2.05, 4.69) is 38.3 Å². The van der Waals surface area contributed by atoms with Crippen molar-refractivity contribution in [1.82, 2.24) is 0 Å². The summed E-state index contributed by atoms with van der Waals surface area (Å²) in [6.45, 7) is 8.47. The van der Waals surface area contributed by atoms with Crippen molar-refractivity contribution in [3.05, 3.63) is 82.9 Å². The summed E-state index contributed by atoms with van der Waals surface area (Å²) in [4.78, 5) is 25.5. The van der Waals surface area contributed by atoms with Crippen molar-refractivity contribution in [2.75, 3.05) is 10.6 Å². The molecule has 3 aromatic rings. The number of rotatable bonds is 10. The van der Waals surface area contributed by atoms with E-state index in [0.717, 1.165) is 24.0 Å². The second-order valence-electron chi connectivity index (χ2n) is 9.98. The molecule has 0 atom stereocenters. The molecule has 6 heteroatoms. The van der Waals surface area contributed by atoms with Crippen molar-refractivity contribution in [3.63, 3.8) is 0 Å². The van der Waals surface area contributed by atoms with E-state index in [9.17, 15) is 19.8 Å². The number of aryl methyl sites for hydroxylation is 2. The van der Waals surface area contributed by atoms with Crippen molar-refractivity contribution in [1.29, 1.82) is 0 Å². The predicted molar refractivity (Wildman–Crippen MR) is 145 cm³/mol. The Kier molecular flexibility index (Phi) is 9.12. The zero-order valence-electron chi connectivity index (χ0n) is 21.5. The van der Waals surface area contributed by atoms with Gasteiger partial charge in [-0.1, -0.05) is 52.0 Å². The fourth-order valence-corrected chi connectivity index (χ4v) is 3.87. The summed E-state index contributed by atoms with van der Waals surface area (Å²) < 4.78 is 0. The highest BCUT2D eigenvalue weighted by Gasteiger charge is 2.16. The van der Waals surface area contributed by atoms with Crippen LogP contribution in [0.25, 0.3) is 0 Å². The average molecular weight is 489 g/mol. The van der Waals surface area contributed by atoms with Crippen LogP contribution in [0, 0.1) is 11.8 Å². The number of nitrogens with one attached hydrogen (secondary N) is 2. The monoisotopic (exact) mass is 488 g/mol. The van der Waals surface area contributed by atoms with Crippen LogP contribution in [0.4, 0.5) is 11.4 Å². The summed E-state index contributed by atoms with van der Waals surface area (Å²) in [5, 5.41) is 26.7. The van der Waals surface area contributed by atoms with Crippen molar-refractivity contribution in [2.24, 2.45) is 11.8 Å². The first-order valence-electron chi connectivity index (χ1n) is 12.5. The van der Waals surface area contributed by atoms with Gasteiger partial charge in [0.25, 0.3) is 11.8 Å². The third kappa shape index (κ3) is 7.11. The molecule has 0 radical (unpaired) electrons. The van der Waals surface area contributed by atoms with Crippen LogP contribution in [-0.4, -0.2) is 22.0 Å². The summed E-state index contributed by atoms with van der Waals surface area (Å²) >= 11 is 0. The maximum atomic E-state index is 12.8. The Morgan fingerprint density at radius 2 is 1.00 bits per heavy atom. The molecule has 0 aliphatic heterocycles. The van der Waals surface area contributed by atoms with Gasteiger partial charge in [-0.3, -0.25) is 9.59 Å². The Morgan fingerprint density at radius 3 is 1.33 bits per heavy atom. The van der Waals surface area contributed by atoms with E-state index in [-0.39, 0.29) is 22.6 Å². The van der Waals surface area contributed by atoms with Gasteiger partial charge in [-0.2, -0.15) is 0 Å². The normalized spacial score (nSPS) is 11.1. The molecule has 0 saturated heterocycles. The Balaban J connectivity index is 1.65. The molecular weight excluding hydrogens is 452 g/mol. The lowest BCUT2D eigenvalue weighted by atomic mass is 9.99. The van der Waals surface area contributed by atoms with Gasteiger partial charge in [-0.15, -0.1) is 0 Å². The molecule has 0 bridgehead atoms. The largest absolute Gasteiger partial charge is 0.507 e. The van der Waals surface area contributed by atoms with Crippen LogP contribution in [0.1, 0.15) is 72.4 Å². The lowest BCUT2D eigenvalue weighted by molar-refractivity contribution is 0.101. The average Bonchev–Trinajstić information content (AvgIpc) is 2.83. The Morgan fingerprint density at radius 1 is 0.639 bits per heavy atom. The fraction of sp³-hybridized carbons (Fsp3) is 0.333. The first-order chi connectivity index (χ1) is 17.2. The third-order valence-electron chi connectivity index (χ3n) is 6.11. The fourth-order valence-electron chi connectivity index (χ4n) is 3.87. The van der Waals surface area contributed by atoms with E-state index in [1.54, 1.807) is 48.5 Å². The van der Waals surface area contributed by atoms with E-state index >= 15 is 0 Å². The number of hydrogen-bond donors (Lipinski definition) is 4. The molecule has 4 N–H and O–H groups in total. The van der Waals surface area contributed by atoms with Crippen LogP contribution >= 0.6 is 0 Å². The molecule has 0 spiro atoms. The zero-order valence-corrected chi connectivity index (χ0v) is 21.5. The number of aromatic hydroxyl groups is 2. The van der Waals surface area contributed by atoms with Crippen molar-refractivity contribution >= 4 is 23.2 Å². The summed E-state index contributed by atoms with van der Waals surface area (Å²) in [6.07, 6.45) is 3.25. The van der Waals surface area contributed by atoms with E-state index in [0.29, 0.717) is 36.1 Å². The van der Waals surface area contributed by atoms with Crippen LogP contribution < -0.4 is 10.6 Å². The van der Waals surface area contributed by atoms with Gasteiger partial charge in [0.2, 0.25) is 0 Å². The second-order valence-corrected chi connectivity index (χ2v) is 9.98. The lowest BCUT2D eigenvalue weighted by Gasteiger charge is -2.13. The minimum atomic E-state index is -0.404. The zero-order chi connectivity index (χ0) is 26.2. The van der Waals surface area contributed by atoms with Crippen molar-refractivity contribution < 1.29 is 19.8 Å². The number of carbonyl (C=O) groups is 2. The highest BCUT2D eigenvalue weighted by Crippen LogP contribution is 2.27. The number of hydrogen-bond acceptors (Lipinski definition) is 4. The molecule has 0 aromatic heterocycles. The Labute approximate surface area is 213 Å². The lowest BCUT2D eigenvalue weighted by Crippen LogP contribution is -2.14. The smallest absolute Gasteiger partial charge is 0.259 e. The van der Waals surface area contributed by atoms with Gasteiger partial charge in [0.05, 0.1) is 11.1 Å². The first-order valence-corrected chi connectivity index (χ1v) is 12.5. The molecular formula is C30H36N2O4. The number of benzene rings is 3. The van der Waals surface area contributed by atoms with Gasteiger partial charge in [-0.25, -0.2) is 0 Å². The third-order valence-corrected chi connectivity index (χ3v) is 6.11. The molecule has 190 valence electrons. The number of carbonyl (C=O) groups excluding carboxylic acids is 2. The van der Waals surface area contributed by atoms with E-state index in [1.165, 1.54) is 0 Å². The summed E-state index contributed by atoms with van der Waals surface area (Å²) in [6, 6.07) is 17.1. The van der Waals surface area contributed by atoms with Crippen LogP contribution in [0.15, 0.2) is 60.7 Å². The number of amides is 2. The van der Waals surface area contributed by atoms with Gasteiger partial charge < -0.3 is 20.8 Å². The molecule has 2 amide bonds. The van der Waals surface area contributed by atoms with E-state index in [4.69, 9.17) is 0 Å². The molecule has 6 nitrogen and oxygen atoms in total. The van der Waals surface area contributed by atoms with Crippen LogP contribution in [-0.2, 0) is 12.8 Å². The van der Waals surface area contributed by atoms with Crippen molar-refractivity contribution in [3.8, 4) is 11.5 Å². The maximum Gasteiger partial charge on any atom is 0.259 e. The highest BCUT2D eigenvalue weighted by molar-refractivity contribution is 6.07. The number of phenolic OH excluding ortho intramolecular Hbond substituents is 2. The summed E-state index contributed by atoms with van der Waals surface area (Å²) in [5.41, 5.74) is 3.02. The van der Waals surface area contributed by atoms with Crippen molar-refractivity contribution in [2.45, 2.75) is 53.4 Å². The molecule has 36 heavy (non-hydrogen) atoms. The SMILES string of the molecule is CC(C)CCc1cccc(C(=O)Nc2ccc(NC(=O)c3cccc(CCC(C)C)c3O)cc2)c1O. The summed E-state index contributed by atoms with van der Waals surface area (Å²) in [7, 11) is 0. The molecule has 3 rings (SSSR count). The minimum absolute atomic E-state index is 0.00923. The van der Waals surface area contributed by atoms with Gasteiger partial charge >= 0.3 is 0 Å². The summed E-state index contributed by atoms with van der Waals surface area (Å²) in [5.74, 6) is 0.208. The number of phenols is 2. The van der Waals surface area contributed by atoms with Crippen LogP contribution in [0.2, 0.25) is 0 Å². The number of anilines is 2. The quantitative estimate of drug-likeness (QED) is 0.253. The van der Waals surface area contributed by atoms with E-state index in [1.807, 2.05) is 12.1 Å². The standard InChI is InChI=1S/C30H36N2O4/c1-19(2)11-13-21-7-5-9-25(27(21)33)29(35)31-23-15-17-24(18-16-23)32-30(36)26-10-6-8-22(28(26)34)14-12-20(3)4/h5-10,15-20,33-34H,11-14H2,1-4H3,(H,31,35)(H,32,36). The van der Waals surface area contributed by atoms with Gasteiger partial charge in [0.1, 0.15) is 11.5 Å². The van der Waals surface area contributed by atoms with Crippen LogP contribution in [0.3, 0.4) is 0 Å². The molecule has 0 aliphatic rings. The molecule has 0 unspecified atom stereocenters. The Hall–Kier alpha value is -3.80. The highest BCUT2D eigenvalue weighted by atomic mass is 16.3.